The summed E-state index contributed by atoms with van der Waals surface area (Å²) in [5.41, 5.74) is 0.440. The highest BCUT2D eigenvalue weighted by molar-refractivity contribution is 7.91. The summed E-state index contributed by atoms with van der Waals surface area (Å²) in [5, 5.41) is 10.4. The molecule has 0 aliphatic carbocycles. The molecule has 3 aromatic rings. The van der Waals surface area contributed by atoms with E-state index in [1.807, 2.05) is 0 Å². The van der Waals surface area contributed by atoms with Crippen LogP contribution in [0.4, 0.5) is 0 Å². The minimum atomic E-state index is -3.79. The van der Waals surface area contributed by atoms with E-state index in [0.717, 1.165) is 0 Å². The number of sulfone groups is 1. The normalized spacial score (nSPS) is 11.8. The molecule has 0 bridgehead atoms. The first-order valence-electron chi connectivity index (χ1n) is 6.02. The molecule has 4 nitrogen and oxygen atoms in total. The lowest BCUT2D eigenvalue weighted by Gasteiger charge is -2.07. The van der Waals surface area contributed by atoms with Crippen LogP contribution in [0.5, 0.6) is 5.75 Å². The molecule has 1 aromatic heterocycles. The lowest BCUT2D eigenvalue weighted by molar-refractivity contribution is 0.460. The maximum Gasteiger partial charge on any atom is 0.210 e. The van der Waals surface area contributed by atoms with Crippen LogP contribution in [0.1, 0.15) is 5.76 Å². The fourth-order valence-corrected chi connectivity index (χ4v) is 3.75. The Labute approximate surface area is 116 Å². The van der Waals surface area contributed by atoms with Crippen LogP contribution in [0, 0.1) is 6.92 Å². The van der Waals surface area contributed by atoms with Crippen LogP contribution in [0.3, 0.4) is 0 Å². The first-order chi connectivity index (χ1) is 9.50. The fraction of sp³-hybridized carbons (Fsp3) is 0.0667. The number of benzene rings is 2. The Hall–Kier alpha value is -2.27. The summed E-state index contributed by atoms with van der Waals surface area (Å²) < 4.78 is 30.8. The minimum Gasteiger partial charge on any atom is -0.507 e. The van der Waals surface area contributed by atoms with Crippen LogP contribution in [-0.4, -0.2) is 13.5 Å². The minimum absolute atomic E-state index is 0.113. The zero-order valence-corrected chi connectivity index (χ0v) is 11.5. The lowest BCUT2D eigenvalue weighted by atomic mass is 10.2. The maximum atomic E-state index is 12.7. The molecule has 0 aliphatic rings. The number of fused-ring (bicyclic) bond motifs is 1. The Morgan fingerprint density at radius 2 is 1.75 bits per heavy atom. The Kier molecular flexibility index (Phi) is 2.79. The van der Waals surface area contributed by atoms with E-state index in [9.17, 15) is 13.5 Å². The molecule has 0 amide bonds. The van der Waals surface area contributed by atoms with Crippen LogP contribution in [0.2, 0.25) is 0 Å². The molecule has 5 heteroatoms. The molecule has 3 rings (SSSR count). The molecule has 0 unspecified atom stereocenters. The van der Waals surface area contributed by atoms with Crippen LogP contribution < -0.4 is 0 Å². The molecule has 1 heterocycles. The van der Waals surface area contributed by atoms with Gasteiger partial charge in [0.25, 0.3) is 0 Å². The summed E-state index contributed by atoms with van der Waals surface area (Å²) in [5.74, 6) is 0.317. The summed E-state index contributed by atoms with van der Waals surface area (Å²) >= 11 is 0. The number of aryl methyl sites for hydroxylation is 1. The van der Waals surface area contributed by atoms with E-state index in [1.54, 1.807) is 37.3 Å². The van der Waals surface area contributed by atoms with Crippen molar-refractivity contribution < 1.29 is 17.9 Å². The van der Waals surface area contributed by atoms with Gasteiger partial charge in [-0.1, -0.05) is 18.2 Å². The predicted octanol–water partition coefficient (Wildman–Crippen LogP) is 3.28. The summed E-state index contributed by atoms with van der Waals surface area (Å²) in [6.07, 6.45) is 0. The van der Waals surface area contributed by atoms with E-state index in [4.69, 9.17) is 4.42 Å². The average molecular weight is 288 g/mol. The molecule has 0 spiro atoms. The van der Waals surface area contributed by atoms with Gasteiger partial charge in [-0.3, -0.25) is 0 Å². The number of hydrogen-bond donors (Lipinski definition) is 1. The molecule has 2 aromatic carbocycles. The molecule has 20 heavy (non-hydrogen) atoms. The van der Waals surface area contributed by atoms with E-state index in [1.165, 1.54) is 18.2 Å². The van der Waals surface area contributed by atoms with Crippen molar-refractivity contribution >= 4 is 20.8 Å². The zero-order valence-electron chi connectivity index (χ0n) is 10.7. The van der Waals surface area contributed by atoms with E-state index in [-0.39, 0.29) is 15.5 Å². The van der Waals surface area contributed by atoms with Crippen LogP contribution >= 0.6 is 0 Å². The van der Waals surface area contributed by atoms with Crippen molar-refractivity contribution in [2.24, 2.45) is 0 Å². The Bertz CT molecular complexity index is 877. The smallest absolute Gasteiger partial charge is 0.210 e. The molecular formula is C15H12O4S. The van der Waals surface area contributed by atoms with Crippen LogP contribution in [-0.2, 0) is 9.84 Å². The number of furan rings is 1. The number of phenols is 1. The first kappa shape index (κ1) is 12.7. The molecular weight excluding hydrogens is 276 g/mol. The molecule has 0 aliphatic heterocycles. The van der Waals surface area contributed by atoms with Crippen molar-refractivity contribution in [3.8, 4) is 5.75 Å². The molecule has 102 valence electrons. The van der Waals surface area contributed by atoms with Gasteiger partial charge >= 0.3 is 0 Å². The van der Waals surface area contributed by atoms with Crippen molar-refractivity contribution in [3.63, 3.8) is 0 Å². The maximum absolute atomic E-state index is 12.7. The van der Waals surface area contributed by atoms with Gasteiger partial charge in [-0.25, -0.2) is 8.42 Å². The van der Waals surface area contributed by atoms with Gasteiger partial charge in [0.1, 0.15) is 22.0 Å². The van der Waals surface area contributed by atoms with Gasteiger partial charge in [-0.05, 0) is 37.3 Å². The molecule has 0 saturated carbocycles. The van der Waals surface area contributed by atoms with Gasteiger partial charge in [0.2, 0.25) is 9.84 Å². The molecule has 0 saturated heterocycles. The van der Waals surface area contributed by atoms with Gasteiger partial charge in [-0.2, -0.15) is 0 Å². The summed E-state index contributed by atoms with van der Waals surface area (Å²) in [4.78, 5) is 0.0275. The third kappa shape index (κ3) is 1.87. The summed E-state index contributed by atoms with van der Waals surface area (Å²) in [7, 11) is -3.79. The van der Waals surface area contributed by atoms with Gasteiger partial charge in [0.15, 0.2) is 0 Å². The second-order valence-corrected chi connectivity index (χ2v) is 6.39. The first-order valence-corrected chi connectivity index (χ1v) is 7.51. The molecule has 1 N–H and O–H groups in total. The predicted molar refractivity (Wildman–Crippen MR) is 74.5 cm³/mol. The molecule has 0 atom stereocenters. The number of phenolic OH excluding ortho intramolecular Hbond substituents is 1. The van der Waals surface area contributed by atoms with Crippen molar-refractivity contribution in [2.75, 3.05) is 0 Å². The van der Waals surface area contributed by atoms with Gasteiger partial charge in [0.05, 0.1) is 4.90 Å². The van der Waals surface area contributed by atoms with Crippen molar-refractivity contribution in [2.45, 2.75) is 16.7 Å². The molecule has 0 fully saturated rings. The van der Waals surface area contributed by atoms with Crippen LogP contribution in [0.15, 0.2) is 62.7 Å². The van der Waals surface area contributed by atoms with E-state index < -0.39 is 9.84 Å². The van der Waals surface area contributed by atoms with Gasteiger partial charge in [-0.15, -0.1) is 0 Å². The highest BCUT2D eigenvalue weighted by Crippen LogP contribution is 2.36. The van der Waals surface area contributed by atoms with Crippen molar-refractivity contribution in [1.82, 2.24) is 0 Å². The van der Waals surface area contributed by atoms with E-state index in [2.05, 4.69) is 0 Å². The SMILES string of the molecule is Cc1cc2c(S(=O)(=O)c3ccccc3)c(O)ccc2o1. The van der Waals surface area contributed by atoms with E-state index >= 15 is 0 Å². The van der Waals surface area contributed by atoms with Crippen LogP contribution in [0.25, 0.3) is 11.0 Å². The third-order valence-corrected chi connectivity index (χ3v) is 4.94. The standard InChI is InChI=1S/C15H12O4S/c1-10-9-12-14(19-10)8-7-13(16)15(12)20(17,18)11-5-3-2-4-6-11/h2-9,16H,1H3. The highest BCUT2D eigenvalue weighted by Gasteiger charge is 2.25. The second kappa shape index (κ2) is 4.38. The number of rotatable bonds is 2. The number of aromatic hydroxyl groups is 1. The topological polar surface area (TPSA) is 67.5 Å². The van der Waals surface area contributed by atoms with Gasteiger partial charge < -0.3 is 9.52 Å². The quantitative estimate of drug-likeness (QED) is 0.785. The highest BCUT2D eigenvalue weighted by atomic mass is 32.2. The average Bonchev–Trinajstić information content (AvgIpc) is 2.79. The van der Waals surface area contributed by atoms with Crippen molar-refractivity contribution in [3.05, 3.63) is 54.3 Å². The largest absolute Gasteiger partial charge is 0.507 e. The zero-order chi connectivity index (χ0) is 14.3. The lowest BCUT2D eigenvalue weighted by Crippen LogP contribution is -2.02. The monoisotopic (exact) mass is 288 g/mol. The van der Waals surface area contributed by atoms with Gasteiger partial charge in [0, 0.05) is 5.39 Å². The Morgan fingerprint density at radius 1 is 1.05 bits per heavy atom. The Morgan fingerprint density at radius 3 is 2.45 bits per heavy atom. The summed E-state index contributed by atoms with van der Waals surface area (Å²) in [6.45, 7) is 1.73. The summed E-state index contributed by atoms with van der Waals surface area (Å²) in [6, 6.07) is 12.5. The number of hydrogen-bond acceptors (Lipinski definition) is 4. The second-order valence-electron chi connectivity index (χ2n) is 4.50. The Balaban J connectivity index is 2.37. The third-order valence-electron chi connectivity index (χ3n) is 3.08. The van der Waals surface area contributed by atoms with E-state index in [0.29, 0.717) is 16.7 Å². The molecule has 0 radical (unpaired) electrons. The fourth-order valence-electron chi connectivity index (χ4n) is 2.20. The van der Waals surface area contributed by atoms with Crippen molar-refractivity contribution in [1.29, 1.82) is 0 Å².